The van der Waals surface area contributed by atoms with Gasteiger partial charge in [0.15, 0.2) is 0 Å². The lowest BCUT2D eigenvalue weighted by Crippen LogP contribution is -2.15. The number of amides is 1. The molecule has 3 nitrogen and oxygen atoms in total. The molecule has 1 amide bonds. The zero-order chi connectivity index (χ0) is 13.8. The van der Waals surface area contributed by atoms with Gasteiger partial charge in [-0.3, -0.25) is 4.79 Å². The third-order valence-electron chi connectivity index (χ3n) is 2.91. The summed E-state index contributed by atoms with van der Waals surface area (Å²) in [5.41, 5.74) is 3.65. The van der Waals surface area contributed by atoms with E-state index < -0.39 is 0 Å². The van der Waals surface area contributed by atoms with E-state index in [4.69, 9.17) is 11.6 Å². The van der Waals surface area contributed by atoms with Crippen LogP contribution in [0.25, 0.3) is 0 Å². The van der Waals surface area contributed by atoms with Crippen LogP contribution in [-0.2, 0) is 11.2 Å². The molecule has 0 aliphatic carbocycles. The van der Waals surface area contributed by atoms with E-state index in [0.717, 1.165) is 16.7 Å². The molecule has 2 rings (SSSR count). The van der Waals surface area contributed by atoms with Gasteiger partial charge in [-0.05, 0) is 36.6 Å². The summed E-state index contributed by atoms with van der Waals surface area (Å²) in [6.45, 7) is 3.85. The first kappa shape index (κ1) is 13.6. The van der Waals surface area contributed by atoms with E-state index in [0.29, 0.717) is 17.3 Å². The van der Waals surface area contributed by atoms with Gasteiger partial charge in [0, 0.05) is 0 Å². The van der Waals surface area contributed by atoms with Gasteiger partial charge >= 0.3 is 0 Å². The molecule has 0 spiro atoms. The molecule has 0 saturated heterocycles. The highest BCUT2D eigenvalue weighted by Gasteiger charge is 2.07. The van der Waals surface area contributed by atoms with Crippen molar-refractivity contribution in [2.75, 3.05) is 5.32 Å². The number of aromatic nitrogens is 1. The fraction of sp³-hybridized carbons (Fsp3) is 0.200. The molecular weight excluding hydrogens is 260 g/mol. The summed E-state index contributed by atoms with van der Waals surface area (Å²) in [6.07, 6.45) is 1.92. The van der Waals surface area contributed by atoms with Crippen LogP contribution in [0.3, 0.4) is 0 Å². The molecule has 1 aromatic carbocycles. The Labute approximate surface area is 117 Å². The molecule has 1 N–H and O–H groups in total. The van der Waals surface area contributed by atoms with Crippen LogP contribution >= 0.6 is 11.6 Å². The van der Waals surface area contributed by atoms with Crippen LogP contribution in [0.5, 0.6) is 0 Å². The number of hydrogen-bond acceptors (Lipinski definition) is 2. The van der Waals surface area contributed by atoms with Crippen molar-refractivity contribution in [3.05, 3.63) is 58.4 Å². The van der Waals surface area contributed by atoms with Crippen molar-refractivity contribution in [2.24, 2.45) is 0 Å². The lowest BCUT2D eigenvalue weighted by atomic mass is 10.1. The van der Waals surface area contributed by atoms with Gasteiger partial charge in [-0.25, -0.2) is 4.98 Å². The van der Waals surface area contributed by atoms with Crippen molar-refractivity contribution < 1.29 is 4.79 Å². The quantitative estimate of drug-likeness (QED) is 0.870. The van der Waals surface area contributed by atoms with Crippen LogP contribution in [0.1, 0.15) is 16.7 Å². The smallest absolute Gasteiger partial charge is 0.228 e. The van der Waals surface area contributed by atoms with E-state index in [1.54, 1.807) is 6.20 Å². The molecule has 0 saturated carbocycles. The molecule has 1 heterocycles. The predicted molar refractivity (Wildman–Crippen MR) is 77.5 cm³/mol. The van der Waals surface area contributed by atoms with Crippen LogP contribution in [0.15, 0.2) is 36.5 Å². The monoisotopic (exact) mass is 274 g/mol. The van der Waals surface area contributed by atoms with E-state index in [1.165, 1.54) is 0 Å². The lowest BCUT2D eigenvalue weighted by molar-refractivity contribution is -0.115. The van der Waals surface area contributed by atoms with Crippen molar-refractivity contribution >= 4 is 23.2 Å². The Morgan fingerprint density at radius 2 is 2.00 bits per heavy atom. The molecule has 98 valence electrons. The van der Waals surface area contributed by atoms with Crippen molar-refractivity contribution in [3.8, 4) is 0 Å². The number of benzene rings is 1. The van der Waals surface area contributed by atoms with Gasteiger partial charge in [0.2, 0.25) is 5.91 Å². The standard InChI is InChI=1S/C15H15ClN2O/c1-10-5-3-4-6-12(10)8-14(19)18-13-7-11(2)15(16)17-9-13/h3-7,9H,8H2,1-2H3,(H,18,19). The third-order valence-corrected chi connectivity index (χ3v) is 3.31. The minimum absolute atomic E-state index is 0.0576. The van der Waals surface area contributed by atoms with Crippen LogP contribution in [0, 0.1) is 13.8 Å². The molecule has 2 aromatic rings. The number of nitrogens with zero attached hydrogens (tertiary/aromatic N) is 1. The molecule has 0 atom stereocenters. The lowest BCUT2D eigenvalue weighted by Gasteiger charge is -2.08. The van der Waals surface area contributed by atoms with Crippen molar-refractivity contribution in [2.45, 2.75) is 20.3 Å². The number of pyridine rings is 1. The first-order chi connectivity index (χ1) is 9.06. The second kappa shape index (κ2) is 5.85. The average Bonchev–Trinajstić information content (AvgIpc) is 2.37. The number of hydrogen-bond donors (Lipinski definition) is 1. The van der Waals surface area contributed by atoms with Gasteiger partial charge in [0.25, 0.3) is 0 Å². The minimum Gasteiger partial charge on any atom is -0.324 e. The number of carbonyl (C=O) groups excluding carboxylic acids is 1. The summed E-state index contributed by atoms with van der Waals surface area (Å²) in [6, 6.07) is 9.66. The molecule has 0 aliphatic rings. The van der Waals surface area contributed by atoms with Gasteiger partial charge in [0.05, 0.1) is 18.3 Å². The Morgan fingerprint density at radius 1 is 1.26 bits per heavy atom. The summed E-state index contributed by atoms with van der Waals surface area (Å²) in [7, 11) is 0. The number of halogens is 1. The number of anilines is 1. The summed E-state index contributed by atoms with van der Waals surface area (Å²) in [5, 5.41) is 3.28. The normalized spacial score (nSPS) is 10.3. The molecular formula is C15H15ClN2O. The number of carbonyl (C=O) groups is 1. The highest BCUT2D eigenvalue weighted by Crippen LogP contribution is 2.16. The second-order valence-electron chi connectivity index (χ2n) is 4.48. The van der Waals surface area contributed by atoms with E-state index in [2.05, 4.69) is 10.3 Å². The van der Waals surface area contributed by atoms with Crippen LogP contribution < -0.4 is 5.32 Å². The van der Waals surface area contributed by atoms with Crippen molar-refractivity contribution in [1.82, 2.24) is 4.98 Å². The van der Waals surface area contributed by atoms with E-state index >= 15 is 0 Å². The molecule has 0 unspecified atom stereocenters. The maximum atomic E-state index is 12.0. The number of nitrogens with one attached hydrogen (secondary N) is 1. The van der Waals surface area contributed by atoms with Crippen LogP contribution in [0.2, 0.25) is 5.15 Å². The van der Waals surface area contributed by atoms with Crippen molar-refractivity contribution in [3.63, 3.8) is 0 Å². The average molecular weight is 275 g/mol. The fourth-order valence-corrected chi connectivity index (χ4v) is 1.92. The highest BCUT2D eigenvalue weighted by atomic mass is 35.5. The molecule has 0 radical (unpaired) electrons. The van der Waals surface area contributed by atoms with Crippen LogP contribution in [-0.4, -0.2) is 10.9 Å². The summed E-state index contributed by atoms with van der Waals surface area (Å²) >= 11 is 5.84. The SMILES string of the molecule is Cc1ccccc1CC(=O)Nc1cnc(Cl)c(C)c1. The van der Waals surface area contributed by atoms with Gasteiger partial charge in [-0.15, -0.1) is 0 Å². The summed E-state index contributed by atoms with van der Waals surface area (Å²) in [4.78, 5) is 16.0. The first-order valence-electron chi connectivity index (χ1n) is 6.03. The zero-order valence-electron chi connectivity index (χ0n) is 10.9. The maximum Gasteiger partial charge on any atom is 0.228 e. The first-order valence-corrected chi connectivity index (χ1v) is 6.40. The largest absolute Gasteiger partial charge is 0.324 e. The van der Waals surface area contributed by atoms with E-state index in [9.17, 15) is 4.79 Å². The minimum atomic E-state index is -0.0576. The number of aryl methyl sites for hydroxylation is 2. The molecule has 0 bridgehead atoms. The zero-order valence-corrected chi connectivity index (χ0v) is 11.7. The Bertz CT molecular complexity index is 611. The molecule has 0 fully saturated rings. The summed E-state index contributed by atoms with van der Waals surface area (Å²) in [5.74, 6) is -0.0576. The Balaban J connectivity index is 2.05. The molecule has 19 heavy (non-hydrogen) atoms. The molecule has 1 aromatic heterocycles. The third kappa shape index (κ3) is 3.55. The van der Waals surface area contributed by atoms with Gasteiger partial charge in [0.1, 0.15) is 5.15 Å². The molecule has 4 heteroatoms. The van der Waals surface area contributed by atoms with Crippen molar-refractivity contribution in [1.29, 1.82) is 0 Å². The fourth-order valence-electron chi connectivity index (χ4n) is 1.81. The maximum absolute atomic E-state index is 12.0. The number of rotatable bonds is 3. The Morgan fingerprint density at radius 3 is 2.68 bits per heavy atom. The van der Waals surface area contributed by atoms with E-state index in [1.807, 2.05) is 44.2 Å². The molecule has 0 aliphatic heterocycles. The predicted octanol–water partition coefficient (Wildman–Crippen LogP) is 3.53. The Hall–Kier alpha value is -1.87. The second-order valence-corrected chi connectivity index (χ2v) is 4.84. The Kier molecular flexibility index (Phi) is 4.17. The van der Waals surface area contributed by atoms with E-state index in [-0.39, 0.29) is 5.91 Å². The van der Waals surface area contributed by atoms with Crippen LogP contribution in [0.4, 0.5) is 5.69 Å². The van der Waals surface area contributed by atoms with Gasteiger partial charge in [-0.2, -0.15) is 0 Å². The topological polar surface area (TPSA) is 42.0 Å². The van der Waals surface area contributed by atoms with Gasteiger partial charge < -0.3 is 5.32 Å². The van der Waals surface area contributed by atoms with Gasteiger partial charge in [-0.1, -0.05) is 35.9 Å². The summed E-state index contributed by atoms with van der Waals surface area (Å²) < 4.78 is 0. The highest BCUT2D eigenvalue weighted by molar-refractivity contribution is 6.30.